The molecular formula is C15H27N5. The molecule has 0 unspecified atom stereocenters. The molecule has 1 aromatic rings. The fourth-order valence-corrected chi connectivity index (χ4v) is 2.87. The third-order valence-electron chi connectivity index (χ3n) is 4.08. The van der Waals surface area contributed by atoms with Crippen LogP contribution in [0.5, 0.6) is 0 Å². The number of piperidine rings is 1. The van der Waals surface area contributed by atoms with Gasteiger partial charge in [0.15, 0.2) is 0 Å². The summed E-state index contributed by atoms with van der Waals surface area (Å²) in [4.78, 5) is 13.7. The molecule has 2 heterocycles. The van der Waals surface area contributed by atoms with Crippen molar-refractivity contribution in [2.24, 2.45) is 5.73 Å². The van der Waals surface area contributed by atoms with Gasteiger partial charge in [-0.25, -0.2) is 9.97 Å². The first kappa shape index (κ1) is 15.2. The number of likely N-dealkylation sites (N-methyl/N-ethyl adjacent to an activating group) is 2. The summed E-state index contributed by atoms with van der Waals surface area (Å²) in [6.07, 6.45) is 4.75. The second kappa shape index (κ2) is 6.99. The van der Waals surface area contributed by atoms with Gasteiger partial charge >= 0.3 is 0 Å². The molecule has 0 aliphatic carbocycles. The van der Waals surface area contributed by atoms with E-state index in [0.717, 1.165) is 30.3 Å². The van der Waals surface area contributed by atoms with Gasteiger partial charge in [0.25, 0.3) is 0 Å². The van der Waals surface area contributed by atoms with Crippen LogP contribution in [0.15, 0.2) is 6.07 Å². The van der Waals surface area contributed by atoms with Crippen LogP contribution in [0.25, 0.3) is 0 Å². The van der Waals surface area contributed by atoms with E-state index in [9.17, 15) is 0 Å². The van der Waals surface area contributed by atoms with E-state index in [1.165, 1.54) is 25.8 Å². The summed E-state index contributed by atoms with van der Waals surface area (Å²) in [6, 6.07) is 2.70. The summed E-state index contributed by atoms with van der Waals surface area (Å²) in [5.74, 6) is 1.84. The minimum atomic E-state index is 0.627. The Morgan fingerprint density at radius 2 is 2.20 bits per heavy atom. The number of hydrogen-bond acceptors (Lipinski definition) is 5. The maximum Gasteiger partial charge on any atom is 0.132 e. The van der Waals surface area contributed by atoms with Crippen LogP contribution >= 0.6 is 0 Å². The van der Waals surface area contributed by atoms with Gasteiger partial charge in [0.05, 0.1) is 0 Å². The van der Waals surface area contributed by atoms with Gasteiger partial charge in [-0.05, 0) is 39.9 Å². The molecule has 5 heteroatoms. The highest BCUT2D eigenvalue weighted by Gasteiger charge is 2.21. The van der Waals surface area contributed by atoms with E-state index in [-0.39, 0.29) is 0 Å². The van der Waals surface area contributed by atoms with Gasteiger partial charge in [0.2, 0.25) is 0 Å². The van der Waals surface area contributed by atoms with Crippen LogP contribution in [0.1, 0.15) is 30.8 Å². The third kappa shape index (κ3) is 3.90. The maximum absolute atomic E-state index is 5.62. The molecule has 0 saturated carbocycles. The van der Waals surface area contributed by atoms with Gasteiger partial charge < -0.3 is 15.5 Å². The number of hydrogen-bond donors (Lipinski definition) is 1. The van der Waals surface area contributed by atoms with Crippen molar-refractivity contribution in [3.63, 3.8) is 0 Å². The molecule has 0 radical (unpaired) electrons. The molecular weight excluding hydrogens is 250 g/mol. The summed E-state index contributed by atoms with van der Waals surface area (Å²) in [7, 11) is 4.35. The predicted molar refractivity (Wildman–Crippen MR) is 83.1 cm³/mol. The molecule has 0 amide bonds. The van der Waals surface area contributed by atoms with E-state index in [4.69, 9.17) is 5.73 Å². The average molecular weight is 277 g/mol. The standard InChI is InChI=1S/C15H27N5/c1-12-17-13(7-8-16)10-15(18-12)20(3)11-14-6-4-5-9-19(14)2/h10,14H,4-9,11,16H2,1-3H3/t14-/m0/s1. The van der Waals surface area contributed by atoms with Crippen molar-refractivity contribution >= 4 is 5.82 Å². The molecule has 2 N–H and O–H groups in total. The number of aromatic nitrogens is 2. The normalized spacial score (nSPS) is 20.1. The molecule has 1 aliphatic heterocycles. The topological polar surface area (TPSA) is 58.3 Å². The van der Waals surface area contributed by atoms with Gasteiger partial charge in [-0.2, -0.15) is 0 Å². The zero-order valence-electron chi connectivity index (χ0n) is 13.0. The predicted octanol–water partition coefficient (Wildman–Crippen LogP) is 1.21. The largest absolute Gasteiger partial charge is 0.358 e. The lowest BCUT2D eigenvalue weighted by Gasteiger charge is -2.35. The van der Waals surface area contributed by atoms with Crippen molar-refractivity contribution in [2.45, 2.75) is 38.6 Å². The number of likely N-dealkylation sites (tertiary alicyclic amines) is 1. The first-order valence-corrected chi connectivity index (χ1v) is 7.56. The molecule has 5 nitrogen and oxygen atoms in total. The highest BCUT2D eigenvalue weighted by molar-refractivity contribution is 5.39. The zero-order valence-corrected chi connectivity index (χ0v) is 13.0. The van der Waals surface area contributed by atoms with E-state index < -0.39 is 0 Å². The minimum absolute atomic E-state index is 0.627. The van der Waals surface area contributed by atoms with Gasteiger partial charge in [-0.1, -0.05) is 6.42 Å². The third-order valence-corrected chi connectivity index (χ3v) is 4.08. The van der Waals surface area contributed by atoms with Crippen molar-refractivity contribution in [1.82, 2.24) is 14.9 Å². The number of rotatable bonds is 5. The van der Waals surface area contributed by atoms with Crippen molar-refractivity contribution in [3.05, 3.63) is 17.6 Å². The summed E-state index contributed by atoms with van der Waals surface area (Å²) >= 11 is 0. The molecule has 1 saturated heterocycles. The smallest absolute Gasteiger partial charge is 0.132 e. The summed E-state index contributed by atoms with van der Waals surface area (Å²) < 4.78 is 0. The molecule has 20 heavy (non-hydrogen) atoms. The van der Waals surface area contributed by atoms with Gasteiger partial charge in [-0.15, -0.1) is 0 Å². The molecule has 0 bridgehead atoms. The second-order valence-electron chi connectivity index (χ2n) is 5.81. The Hall–Kier alpha value is -1.20. The highest BCUT2D eigenvalue weighted by atomic mass is 15.2. The molecule has 2 rings (SSSR count). The van der Waals surface area contributed by atoms with E-state index in [2.05, 4.69) is 39.9 Å². The van der Waals surface area contributed by atoms with Crippen molar-refractivity contribution in [3.8, 4) is 0 Å². The van der Waals surface area contributed by atoms with E-state index in [0.29, 0.717) is 12.6 Å². The number of anilines is 1. The average Bonchev–Trinajstić information content (AvgIpc) is 2.41. The van der Waals surface area contributed by atoms with Gasteiger partial charge in [0.1, 0.15) is 11.6 Å². The number of nitrogens with two attached hydrogens (primary N) is 1. The van der Waals surface area contributed by atoms with Crippen LogP contribution in [-0.2, 0) is 6.42 Å². The fraction of sp³-hybridized carbons (Fsp3) is 0.733. The van der Waals surface area contributed by atoms with Crippen molar-refractivity contribution < 1.29 is 0 Å². The summed E-state index contributed by atoms with van der Waals surface area (Å²) in [5, 5.41) is 0. The Morgan fingerprint density at radius 1 is 1.40 bits per heavy atom. The quantitative estimate of drug-likeness (QED) is 0.876. The highest BCUT2D eigenvalue weighted by Crippen LogP contribution is 2.18. The molecule has 1 aromatic heterocycles. The van der Waals surface area contributed by atoms with E-state index in [1.807, 2.05) is 6.92 Å². The first-order chi connectivity index (χ1) is 9.60. The Morgan fingerprint density at radius 3 is 2.90 bits per heavy atom. The number of nitrogens with zero attached hydrogens (tertiary/aromatic N) is 4. The molecule has 1 aliphatic rings. The summed E-state index contributed by atoms with van der Waals surface area (Å²) in [5.41, 5.74) is 6.66. The van der Waals surface area contributed by atoms with E-state index >= 15 is 0 Å². The van der Waals surface area contributed by atoms with Crippen LogP contribution in [0, 0.1) is 6.92 Å². The molecule has 0 spiro atoms. The molecule has 0 aromatic carbocycles. The molecule has 112 valence electrons. The lowest BCUT2D eigenvalue weighted by molar-refractivity contribution is 0.189. The van der Waals surface area contributed by atoms with Crippen LogP contribution < -0.4 is 10.6 Å². The summed E-state index contributed by atoms with van der Waals surface area (Å²) in [6.45, 7) is 4.81. The van der Waals surface area contributed by atoms with Crippen LogP contribution in [0.4, 0.5) is 5.82 Å². The lowest BCUT2D eigenvalue weighted by atomic mass is 10.0. The maximum atomic E-state index is 5.62. The van der Waals surface area contributed by atoms with E-state index in [1.54, 1.807) is 0 Å². The van der Waals surface area contributed by atoms with Gasteiger partial charge in [-0.3, -0.25) is 0 Å². The number of aryl methyl sites for hydroxylation is 1. The Balaban J connectivity index is 2.05. The van der Waals surface area contributed by atoms with Crippen LogP contribution in [0.3, 0.4) is 0 Å². The Labute approximate surface area is 122 Å². The monoisotopic (exact) mass is 277 g/mol. The SMILES string of the molecule is Cc1nc(CCN)cc(N(C)C[C@@H]2CCCCN2C)n1. The lowest BCUT2D eigenvalue weighted by Crippen LogP contribution is -2.44. The van der Waals surface area contributed by atoms with Gasteiger partial charge in [0, 0.05) is 37.8 Å². The molecule has 1 atom stereocenters. The van der Waals surface area contributed by atoms with Crippen LogP contribution in [0.2, 0.25) is 0 Å². The minimum Gasteiger partial charge on any atom is -0.358 e. The van der Waals surface area contributed by atoms with Crippen molar-refractivity contribution in [1.29, 1.82) is 0 Å². The van der Waals surface area contributed by atoms with Crippen LogP contribution in [-0.4, -0.2) is 54.6 Å². The second-order valence-corrected chi connectivity index (χ2v) is 5.81. The van der Waals surface area contributed by atoms with Crippen molar-refractivity contribution in [2.75, 3.05) is 38.6 Å². The Bertz CT molecular complexity index is 434. The zero-order chi connectivity index (χ0) is 14.5. The first-order valence-electron chi connectivity index (χ1n) is 7.56. The fourth-order valence-electron chi connectivity index (χ4n) is 2.87. The Kier molecular flexibility index (Phi) is 5.31. The molecule has 1 fully saturated rings.